The third kappa shape index (κ3) is 3.66. The maximum atomic E-state index is 13.1. The topological polar surface area (TPSA) is 52.6 Å². The van der Waals surface area contributed by atoms with Crippen LogP contribution in [0.3, 0.4) is 0 Å². The molecule has 4 nitrogen and oxygen atoms in total. The summed E-state index contributed by atoms with van der Waals surface area (Å²) < 4.78 is 11.6. The Bertz CT molecular complexity index is 1010. The number of carbonyl (C=O) groups is 2. The Labute approximate surface area is 170 Å². The zero-order chi connectivity index (χ0) is 20.4. The summed E-state index contributed by atoms with van der Waals surface area (Å²) in [6, 6.07) is 22.2. The highest BCUT2D eigenvalue weighted by atomic mass is 16.5. The molecule has 1 heterocycles. The summed E-state index contributed by atoms with van der Waals surface area (Å²) in [5.74, 6) is -0.0488. The maximum Gasteiger partial charge on any atom is 0.318 e. The normalized spacial score (nSPS) is 13.6. The fourth-order valence-corrected chi connectivity index (χ4v) is 3.60. The molecule has 1 unspecified atom stereocenters. The molecule has 3 aromatic rings. The molecule has 1 aliphatic heterocycles. The van der Waals surface area contributed by atoms with Gasteiger partial charge >= 0.3 is 5.97 Å². The average molecular weight is 386 g/mol. The van der Waals surface area contributed by atoms with E-state index in [9.17, 15) is 9.59 Å². The smallest absolute Gasteiger partial charge is 0.318 e. The van der Waals surface area contributed by atoms with Crippen LogP contribution >= 0.6 is 0 Å². The van der Waals surface area contributed by atoms with Gasteiger partial charge in [-0.2, -0.15) is 0 Å². The summed E-state index contributed by atoms with van der Waals surface area (Å²) in [5.41, 5.74) is 3.17. The summed E-state index contributed by atoms with van der Waals surface area (Å²) >= 11 is 0. The lowest BCUT2D eigenvalue weighted by atomic mass is 9.88. The van der Waals surface area contributed by atoms with Crippen molar-refractivity contribution in [1.82, 2.24) is 0 Å². The van der Waals surface area contributed by atoms with Gasteiger partial charge in [0.05, 0.1) is 0 Å². The number of aryl methyl sites for hydroxylation is 1. The molecular weight excluding hydrogens is 364 g/mol. The van der Waals surface area contributed by atoms with E-state index in [1.807, 2.05) is 60.7 Å². The van der Waals surface area contributed by atoms with Crippen molar-refractivity contribution in [2.75, 3.05) is 0 Å². The first-order valence-electron chi connectivity index (χ1n) is 9.78. The van der Waals surface area contributed by atoms with Crippen molar-refractivity contribution in [3.05, 3.63) is 95.1 Å². The Morgan fingerprint density at radius 3 is 2.00 bits per heavy atom. The Morgan fingerprint density at radius 2 is 1.45 bits per heavy atom. The van der Waals surface area contributed by atoms with E-state index in [0.717, 1.165) is 23.1 Å². The number of Topliss-reactive ketones (excluding diaryl/α,β-unsaturated/α-hetero) is 1. The number of rotatable bonds is 5. The zero-order valence-corrected chi connectivity index (χ0v) is 16.4. The summed E-state index contributed by atoms with van der Waals surface area (Å²) in [4.78, 5) is 25.9. The number of carbonyl (C=O) groups excluding carboxylic acids is 2. The lowest BCUT2D eigenvalue weighted by Gasteiger charge is -2.27. The van der Waals surface area contributed by atoms with Crippen molar-refractivity contribution >= 4 is 11.8 Å². The van der Waals surface area contributed by atoms with E-state index < -0.39 is 18.0 Å². The van der Waals surface area contributed by atoms with Gasteiger partial charge in [0.2, 0.25) is 5.78 Å². The Kier molecular flexibility index (Phi) is 5.17. The molecule has 0 fully saturated rings. The van der Waals surface area contributed by atoms with Crippen molar-refractivity contribution in [3.8, 4) is 11.5 Å². The summed E-state index contributed by atoms with van der Waals surface area (Å²) in [6.45, 7) is 3.68. The van der Waals surface area contributed by atoms with Gasteiger partial charge in [-0.3, -0.25) is 9.59 Å². The van der Waals surface area contributed by atoms with E-state index in [-0.39, 0.29) is 5.78 Å². The second-order valence-corrected chi connectivity index (χ2v) is 7.10. The van der Waals surface area contributed by atoms with Crippen molar-refractivity contribution < 1.29 is 19.1 Å². The third-order valence-corrected chi connectivity index (χ3v) is 5.22. The predicted molar refractivity (Wildman–Crippen MR) is 111 cm³/mol. The van der Waals surface area contributed by atoms with Gasteiger partial charge < -0.3 is 9.47 Å². The molecule has 0 amide bonds. The molecule has 1 atom stereocenters. The highest BCUT2D eigenvalue weighted by molar-refractivity contribution is 6.00. The Hall–Kier alpha value is -3.40. The van der Waals surface area contributed by atoms with Gasteiger partial charge in [-0.1, -0.05) is 67.6 Å². The first-order valence-corrected chi connectivity index (χ1v) is 9.78. The van der Waals surface area contributed by atoms with Gasteiger partial charge in [-0.25, -0.2) is 0 Å². The average Bonchev–Trinajstić information content (AvgIpc) is 2.76. The molecule has 146 valence electrons. The fourth-order valence-electron chi connectivity index (χ4n) is 3.60. The number of benzene rings is 3. The Balaban J connectivity index is 1.59. The highest BCUT2D eigenvalue weighted by Crippen LogP contribution is 2.44. The van der Waals surface area contributed by atoms with Crippen LogP contribution < -0.4 is 4.74 Å². The van der Waals surface area contributed by atoms with Gasteiger partial charge in [0.15, 0.2) is 6.10 Å². The molecule has 3 aromatic carbocycles. The summed E-state index contributed by atoms with van der Waals surface area (Å²) in [6.07, 6.45) is 0.0267. The molecule has 0 bridgehead atoms. The van der Waals surface area contributed by atoms with Gasteiger partial charge in [-0.05, 0) is 31.0 Å². The second kappa shape index (κ2) is 7.92. The minimum atomic E-state index is -0.878. The third-order valence-electron chi connectivity index (χ3n) is 5.22. The molecule has 0 spiro atoms. The number of hydrogen-bond donors (Lipinski definition) is 0. The number of para-hydroxylation sites is 2. The molecule has 0 aliphatic carbocycles. The van der Waals surface area contributed by atoms with Crippen LogP contribution in [0.4, 0.5) is 0 Å². The van der Waals surface area contributed by atoms with E-state index in [2.05, 4.69) is 6.92 Å². The molecule has 0 saturated carbocycles. The predicted octanol–water partition coefficient (Wildman–Crippen LogP) is 5.30. The van der Waals surface area contributed by atoms with Gasteiger partial charge in [0, 0.05) is 16.7 Å². The van der Waals surface area contributed by atoms with Crippen molar-refractivity contribution in [1.29, 1.82) is 0 Å². The number of ketones is 1. The minimum Gasteiger partial charge on any atom is -0.457 e. The molecule has 0 N–H and O–H groups in total. The molecule has 4 rings (SSSR count). The molecule has 0 radical (unpaired) electrons. The first-order chi connectivity index (χ1) is 14.1. The standard InChI is InChI=1S/C25H22O4/c1-3-17-12-14-18(15-13-17)24(26)16(2)28-25(27)23-19-8-4-6-10-21(19)29-22-11-7-5-9-20(22)23/h4-16,23H,3H2,1-2H3. The lowest BCUT2D eigenvalue weighted by Crippen LogP contribution is -2.29. The highest BCUT2D eigenvalue weighted by Gasteiger charge is 2.35. The molecule has 29 heavy (non-hydrogen) atoms. The molecule has 0 aromatic heterocycles. The van der Waals surface area contributed by atoms with Gasteiger partial charge in [-0.15, -0.1) is 0 Å². The molecule has 1 aliphatic rings. The number of fused-ring (bicyclic) bond motifs is 2. The van der Waals surface area contributed by atoms with Crippen LogP contribution in [0, 0.1) is 0 Å². The van der Waals surface area contributed by atoms with Crippen LogP contribution in [0.15, 0.2) is 72.8 Å². The molecular formula is C25H22O4. The summed E-state index contributed by atoms with van der Waals surface area (Å²) in [7, 11) is 0. The molecule has 4 heteroatoms. The van der Waals surface area contributed by atoms with Crippen LogP contribution in [-0.2, 0) is 16.0 Å². The van der Waals surface area contributed by atoms with Crippen LogP contribution in [0.5, 0.6) is 11.5 Å². The van der Waals surface area contributed by atoms with Gasteiger partial charge in [0.25, 0.3) is 0 Å². The van der Waals surface area contributed by atoms with Crippen LogP contribution in [0.2, 0.25) is 0 Å². The largest absolute Gasteiger partial charge is 0.457 e. The first kappa shape index (κ1) is 18.9. The second-order valence-electron chi connectivity index (χ2n) is 7.10. The number of esters is 1. The van der Waals surface area contributed by atoms with Gasteiger partial charge in [0.1, 0.15) is 17.4 Å². The summed E-state index contributed by atoms with van der Waals surface area (Å²) in [5, 5.41) is 0. The van der Waals surface area contributed by atoms with Crippen LogP contribution in [0.1, 0.15) is 46.8 Å². The monoisotopic (exact) mass is 386 g/mol. The Morgan fingerprint density at radius 1 is 0.897 bits per heavy atom. The quantitative estimate of drug-likeness (QED) is 0.441. The number of hydrogen-bond acceptors (Lipinski definition) is 4. The van der Waals surface area contributed by atoms with Crippen molar-refractivity contribution in [3.63, 3.8) is 0 Å². The fraction of sp³-hybridized carbons (Fsp3) is 0.200. The lowest BCUT2D eigenvalue weighted by molar-refractivity contribution is -0.147. The van der Waals surface area contributed by atoms with E-state index in [1.165, 1.54) is 0 Å². The van der Waals surface area contributed by atoms with Crippen LogP contribution in [0.25, 0.3) is 0 Å². The SMILES string of the molecule is CCc1ccc(C(=O)C(C)OC(=O)C2c3ccccc3Oc3ccccc32)cc1. The van der Waals surface area contributed by atoms with E-state index in [4.69, 9.17) is 9.47 Å². The van der Waals surface area contributed by atoms with Crippen molar-refractivity contribution in [2.45, 2.75) is 32.3 Å². The number of ether oxygens (including phenoxy) is 2. The van der Waals surface area contributed by atoms with Crippen LogP contribution in [-0.4, -0.2) is 17.9 Å². The van der Waals surface area contributed by atoms with Crippen molar-refractivity contribution in [2.24, 2.45) is 0 Å². The van der Waals surface area contributed by atoms with E-state index in [0.29, 0.717) is 17.1 Å². The molecule has 0 saturated heterocycles. The minimum absolute atomic E-state index is 0.213. The maximum absolute atomic E-state index is 13.1. The van der Waals surface area contributed by atoms with E-state index >= 15 is 0 Å². The van der Waals surface area contributed by atoms with E-state index in [1.54, 1.807) is 19.1 Å². The zero-order valence-electron chi connectivity index (χ0n) is 16.4.